The third kappa shape index (κ3) is 4.43. The molecule has 0 saturated carbocycles. The molecule has 0 fully saturated rings. The first-order chi connectivity index (χ1) is 13.5. The van der Waals surface area contributed by atoms with E-state index in [0.29, 0.717) is 22.4 Å². The van der Waals surface area contributed by atoms with Crippen LogP contribution in [0.25, 0.3) is 10.9 Å². The Labute approximate surface area is 162 Å². The highest BCUT2D eigenvalue weighted by Crippen LogP contribution is 2.16. The smallest absolute Gasteiger partial charge is 0.326 e. The predicted octanol–water partition coefficient (Wildman–Crippen LogP) is 2.45. The van der Waals surface area contributed by atoms with E-state index in [-0.39, 0.29) is 31.0 Å². The second kappa shape index (κ2) is 8.47. The molecule has 1 amide bonds. The molecule has 0 atom stereocenters. The molecule has 3 rings (SSSR count). The van der Waals surface area contributed by atoms with Crippen LogP contribution >= 0.6 is 0 Å². The molecule has 0 bridgehead atoms. The first-order valence-electron chi connectivity index (χ1n) is 8.98. The van der Waals surface area contributed by atoms with Gasteiger partial charge in [-0.3, -0.25) is 19.0 Å². The Balaban J connectivity index is 1.86. The van der Waals surface area contributed by atoms with E-state index in [1.165, 1.54) is 4.57 Å². The number of rotatable bonds is 6. The van der Waals surface area contributed by atoms with Crippen molar-refractivity contribution in [3.63, 3.8) is 0 Å². The summed E-state index contributed by atoms with van der Waals surface area (Å²) in [6.45, 7) is 3.41. The van der Waals surface area contributed by atoms with Gasteiger partial charge < -0.3 is 10.1 Å². The summed E-state index contributed by atoms with van der Waals surface area (Å²) in [5.74, 6) is -0.259. The Hall–Kier alpha value is -3.48. The van der Waals surface area contributed by atoms with Gasteiger partial charge in [0, 0.05) is 5.69 Å². The van der Waals surface area contributed by atoms with Crippen LogP contribution in [-0.4, -0.2) is 28.0 Å². The van der Waals surface area contributed by atoms with Gasteiger partial charge in [0.05, 0.1) is 23.9 Å². The number of amides is 1. The number of carbonyl (C=O) groups excluding carboxylic acids is 2. The number of aromatic nitrogens is 2. The van der Waals surface area contributed by atoms with E-state index in [1.54, 1.807) is 32.0 Å². The summed E-state index contributed by atoms with van der Waals surface area (Å²) in [5, 5.41) is 3.12. The lowest BCUT2D eigenvalue weighted by Crippen LogP contribution is -2.28. The number of fused-ring (bicyclic) bond motifs is 1. The van der Waals surface area contributed by atoms with E-state index in [1.807, 2.05) is 30.3 Å². The molecular weight excluding hydrogens is 358 g/mol. The lowest BCUT2D eigenvalue weighted by Gasteiger charge is -2.11. The van der Waals surface area contributed by atoms with Crippen molar-refractivity contribution >= 4 is 28.5 Å². The summed E-state index contributed by atoms with van der Waals surface area (Å²) in [4.78, 5) is 41.2. The number of hydrogen-bond donors (Lipinski definition) is 1. The molecule has 1 N–H and O–H groups in total. The molecule has 7 heteroatoms. The second-order valence-corrected chi connectivity index (χ2v) is 6.30. The normalized spacial score (nSPS) is 10.6. The summed E-state index contributed by atoms with van der Waals surface area (Å²) in [5.41, 5.74) is 1.55. The minimum absolute atomic E-state index is 0.183. The first kappa shape index (κ1) is 19.3. The van der Waals surface area contributed by atoms with Gasteiger partial charge >= 0.3 is 5.97 Å². The van der Waals surface area contributed by atoms with Crippen LogP contribution in [0.3, 0.4) is 0 Å². The van der Waals surface area contributed by atoms with E-state index in [2.05, 4.69) is 10.3 Å². The Morgan fingerprint density at radius 2 is 1.89 bits per heavy atom. The van der Waals surface area contributed by atoms with Crippen LogP contribution in [0, 0.1) is 6.92 Å². The molecule has 0 aliphatic carbocycles. The van der Waals surface area contributed by atoms with Crippen LogP contribution in [0.4, 0.5) is 5.69 Å². The molecule has 0 radical (unpaired) electrons. The topological polar surface area (TPSA) is 90.3 Å². The van der Waals surface area contributed by atoms with Crippen molar-refractivity contribution in [2.75, 3.05) is 11.9 Å². The fourth-order valence-corrected chi connectivity index (χ4v) is 2.92. The maximum Gasteiger partial charge on any atom is 0.326 e. The molecule has 0 spiro atoms. The average Bonchev–Trinajstić information content (AvgIpc) is 2.66. The van der Waals surface area contributed by atoms with Gasteiger partial charge in [-0.25, -0.2) is 4.98 Å². The van der Waals surface area contributed by atoms with E-state index in [9.17, 15) is 14.4 Å². The lowest BCUT2D eigenvalue weighted by atomic mass is 10.1. The average molecular weight is 379 g/mol. The van der Waals surface area contributed by atoms with Crippen LogP contribution in [-0.2, 0) is 27.3 Å². The van der Waals surface area contributed by atoms with Gasteiger partial charge in [-0.05, 0) is 37.6 Å². The van der Waals surface area contributed by atoms with Gasteiger partial charge in [-0.1, -0.05) is 30.3 Å². The number of benzene rings is 2. The van der Waals surface area contributed by atoms with Crippen molar-refractivity contribution in [1.29, 1.82) is 0 Å². The third-order valence-electron chi connectivity index (χ3n) is 4.23. The number of nitrogens with one attached hydrogen (secondary N) is 1. The summed E-state index contributed by atoms with van der Waals surface area (Å²) in [6.07, 6.45) is 0.234. The van der Waals surface area contributed by atoms with Crippen LogP contribution in [0.1, 0.15) is 18.3 Å². The number of carbonyl (C=O) groups is 2. The van der Waals surface area contributed by atoms with Crippen molar-refractivity contribution in [2.24, 2.45) is 0 Å². The molecule has 0 saturated heterocycles. The molecular formula is C21H21N3O4. The Bertz CT molecular complexity index is 1070. The first-order valence-corrected chi connectivity index (χ1v) is 8.98. The van der Waals surface area contributed by atoms with Crippen LogP contribution in [0.2, 0.25) is 0 Å². The van der Waals surface area contributed by atoms with Gasteiger partial charge in [0.15, 0.2) is 0 Å². The molecule has 1 heterocycles. The lowest BCUT2D eigenvalue weighted by molar-refractivity contribution is -0.143. The molecule has 7 nitrogen and oxygen atoms in total. The molecule has 0 unspecified atom stereocenters. The van der Waals surface area contributed by atoms with E-state index in [4.69, 9.17) is 4.74 Å². The Kier molecular flexibility index (Phi) is 5.84. The summed E-state index contributed by atoms with van der Waals surface area (Å²) >= 11 is 0. The number of hydrogen-bond acceptors (Lipinski definition) is 5. The van der Waals surface area contributed by atoms with E-state index < -0.39 is 5.97 Å². The SMILES string of the molecule is CCOC(=O)Cn1c(C)nc2ccc(NC(=O)Cc3ccccc3)cc2c1=O. The van der Waals surface area contributed by atoms with Crippen molar-refractivity contribution in [3.8, 4) is 0 Å². The standard InChI is InChI=1S/C21H21N3O4/c1-3-28-20(26)13-24-14(2)22-18-10-9-16(12-17(18)21(24)27)23-19(25)11-15-7-5-4-6-8-15/h4-10,12H,3,11,13H2,1-2H3,(H,23,25). The molecule has 0 aliphatic heterocycles. The van der Waals surface area contributed by atoms with Gasteiger partial charge in [-0.2, -0.15) is 0 Å². The van der Waals surface area contributed by atoms with Crippen LogP contribution < -0.4 is 10.9 Å². The number of aryl methyl sites for hydroxylation is 1. The van der Waals surface area contributed by atoms with Gasteiger partial charge in [0.2, 0.25) is 5.91 Å². The van der Waals surface area contributed by atoms with E-state index in [0.717, 1.165) is 5.56 Å². The highest BCUT2D eigenvalue weighted by atomic mass is 16.5. The Morgan fingerprint density at radius 3 is 2.61 bits per heavy atom. The fraction of sp³-hybridized carbons (Fsp3) is 0.238. The zero-order valence-electron chi connectivity index (χ0n) is 15.8. The van der Waals surface area contributed by atoms with Crippen molar-refractivity contribution in [3.05, 3.63) is 70.3 Å². The minimum Gasteiger partial charge on any atom is -0.465 e. The molecule has 2 aromatic carbocycles. The maximum atomic E-state index is 12.8. The summed E-state index contributed by atoms with van der Waals surface area (Å²) in [6, 6.07) is 14.3. The number of ether oxygens (including phenoxy) is 1. The second-order valence-electron chi connectivity index (χ2n) is 6.30. The van der Waals surface area contributed by atoms with E-state index >= 15 is 0 Å². The minimum atomic E-state index is -0.499. The third-order valence-corrected chi connectivity index (χ3v) is 4.23. The summed E-state index contributed by atoms with van der Waals surface area (Å²) < 4.78 is 6.19. The van der Waals surface area contributed by atoms with Crippen LogP contribution in [0.15, 0.2) is 53.3 Å². The highest BCUT2D eigenvalue weighted by molar-refractivity contribution is 5.94. The summed E-state index contributed by atoms with van der Waals surface area (Å²) in [7, 11) is 0. The van der Waals surface area contributed by atoms with Crippen molar-refractivity contribution in [2.45, 2.75) is 26.8 Å². The fourth-order valence-electron chi connectivity index (χ4n) is 2.92. The van der Waals surface area contributed by atoms with Gasteiger partial charge in [0.1, 0.15) is 12.4 Å². The molecule has 28 heavy (non-hydrogen) atoms. The zero-order valence-corrected chi connectivity index (χ0v) is 15.8. The van der Waals surface area contributed by atoms with Crippen molar-refractivity contribution < 1.29 is 14.3 Å². The largest absolute Gasteiger partial charge is 0.465 e. The van der Waals surface area contributed by atoms with Gasteiger partial charge in [0.25, 0.3) is 5.56 Å². The quantitative estimate of drug-likeness (QED) is 0.665. The number of esters is 1. The zero-order chi connectivity index (χ0) is 20.1. The molecule has 144 valence electrons. The number of nitrogens with zero attached hydrogens (tertiary/aromatic N) is 2. The molecule has 1 aromatic heterocycles. The van der Waals surface area contributed by atoms with Crippen LogP contribution in [0.5, 0.6) is 0 Å². The van der Waals surface area contributed by atoms with Crippen molar-refractivity contribution in [1.82, 2.24) is 9.55 Å². The maximum absolute atomic E-state index is 12.8. The predicted molar refractivity (Wildman–Crippen MR) is 106 cm³/mol. The molecule has 3 aromatic rings. The monoisotopic (exact) mass is 379 g/mol. The van der Waals surface area contributed by atoms with Gasteiger partial charge in [-0.15, -0.1) is 0 Å². The number of anilines is 1. The highest BCUT2D eigenvalue weighted by Gasteiger charge is 2.13. The Morgan fingerprint density at radius 1 is 1.14 bits per heavy atom. The molecule has 0 aliphatic rings.